The largest absolute Gasteiger partial charge is 0.481 e. The minimum Gasteiger partial charge on any atom is -0.481 e. The molecular formula is C12H19N3O. The van der Waals surface area contributed by atoms with Crippen LogP contribution in [0.5, 0.6) is 5.88 Å². The summed E-state index contributed by atoms with van der Waals surface area (Å²) < 4.78 is 5.00. The molecule has 16 heavy (non-hydrogen) atoms. The predicted molar refractivity (Wildman–Crippen MR) is 65.0 cm³/mol. The highest BCUT2D eigenvalue weighted by molar-refractivity contribution is 5.20. The van der Waals surface area contributed by atoms with Gasteiger partial charge in [0.25, 0.3) is 0 Å². The summed E-state index contributed by atoms with van der Waals surface area (Å²) >= 11 is 0. The van der Waals surface area contributed by atoms with Gasteiger partial charge in [0.15, 0.2) is 0 Å². The molecule has 0 radical (unpaired) electrons. The maximum absolute atomic E-state index is 5.49. The molecule has 0 bridgehead atoms. The van der Waals surface area contributed by atoms with Gasteiger partial charge in [0.2, 0.25) is 5.88 Å². The van der Waals surface area contributed by atoms with E-state index in [0.29, 0.717) is 5.88 Å². The number of pyridine rings is 1. The van der Waals surface area contributed by atoms with Crippen molar-refractivity contribution in [2.24, 2.45) is 5.84 Å². The molecule has 3 N–H and O–H groups in total. The molecule has 0 fully saturated rings. The molecule has 0 saturated carbocycles. The van der Waals surface area contributed by atoms with Crippen molar-refractivity contribution in [1.29, 1.82) is 0 Å². The molecule has 0 amide bonds. The Morgan fingerprint density at radius 1 is 1.56 bits per heavy atom. The van der Waals surface area contributed by atoms with E-state index in [1.54, 1.807) is 7.11 Å². The van der Waals surface area contributed by atoms with E-state index in [1.807, 2.05) is 18.3 Å². The summed E-state index contributed by atoms with van der Waals surface area (Å²) in [6.07, 6.45) is 4.73. The molecule has 4 nitrogen and oxygen atoms in total. The highest BCUT2D eigenvalue weighted by Crippen LogP contribution is 2.09. The van der Waals surface area contributed by atoms with Crippen molar-refractivity contribution in [2.75, 3.05) is 7.11 Å². The Bertz CT molecular complexity index is 342. The zero-order valence-electron chi connectivity index (χ0n) is 10.0. The van der Waals surface area contributed by atoms with Crippen LogP contribution in [0.3, 0.4) is 0 Å². The molecule has 1 rings (SSSR count). The number of nitrogens with one attached hydrogen (secondary N) is 1. The average Bonchev–Trinajstić information content (AvgIpc) is 2.28. The van der Waals surface area contributed by atoms with E-state index in [9.17, 15) is 0 Å². The Kier molecular flexibility index (Phi) is 4.95. The summed E-state index contributed by atoms with van der Waals surface area (Å²) in [5, 5.41) is 0. The van der Waals surface area contributed by atoms with Crippen molar-refractivity contribution in [3.8, 4) is 5.88 Å². The molecule has 1 aromatic heterocycles. The number of ether oxygens (including phenoxy) is 1. The van der Waals surface area contributed by atoms with E-state index in [4.69, 9.17) is 10.6 Å². The van der Waals surface area contributed by atoms with Gasteiger partial charge in [-0.3, -0.25) is 11.3 Å². The standard InChI is InChI=1S/C12H19N3O/c1-9(2)6-11(15-13)7-10-4-5-12(16-3)14-8-10/h4-6,8,11,15H,7,13H2,1-3H3. The van der Waals surface area contributed by atoms with Crippen LogP contribution in [0.2, 0.25) is 0 Å². The summed E-state index contributed by atoms with van der Waals surface area (Å²) in [5.74, 6) is 6.11. The van der Waals surface area contributed by atoms with E-state index >= 15 is 0 Å². The lowest BCUT2D eigenvalue weighted by Crippen LogP contribution is -2.35. The molecule has 0 aliphatic heterocycles. The first-order chi connectivity index (χ1) is 7.65. The van der Waals surface area contributed by atoms with Crippen LogP contribution in [-0.4, -0.2) is 18.1 Å². The summed E-state index contributed by atoms with van der Waals surface area (Å²) in [4.78, 5) is 4.15. The minimum absolute atomic E-state index is 0.139. The number of nitrogens with zero attached hydrogens (tertiary/aromatic N) is 1. The Hall–Kier alpha value is -1.39. The van der Waals surface area contributed by atoms with E-state index in [2.05, 4.69) is 30.3 Å². The summed E-state index contributed by atoms with van der Waals surface area (Å²) in [7, 11) is 1.61. The molecule has 0 spiro atoms. The Balaban J connectivity index is 2.67. The normalized spacial score (nSPS) is 12.0. The van der Waals surface area contributed by atoms with Gasteiger partial charge >= 0.3 is 0 Å². The number of hydrogen-bond donors (Lipinski definition) is 2. The van der Waals surface area contributed by atoms with Gasteiger partial charge in [-0.05, 0) is 25.8 Å². The monoisotopic (exact) mass is 221 g/mol. The highest BCUT2D eigenvalue weighted by atomic mass is 16.5. The van der Waals surface area contributed by atoms with Crippen molar-refractivity contribution < 1.29 is 4.74 Å². The SMILES string of the molecule is COc1ccc(CC(C=C(C)C)NN)cn1. The van der Waals surface area contributed by atoms with Crippen LogP contribution in [-0.2, 0) is 6.42 Å². The second kappa shape index (κ2) is 6.25. The molecule has 0 aliphatic carbocycles. The molecule has 0 saturated heterocycles. The van der Waals surface area contributed by atoms with Gasteiger partial charge in [0.05, 0.1) is 7.11 Å². The molecule has 0 aromatic carbocycles. The maximum atomic E-state index is 5.49. The van der Waals surface area contributed by atoms with Crippen LogP contribution >= 0.6 is 0 Å². The fourth-order valence-electron chi connectivity index (χ4n) is 1.47. The molecule has 1 heterocycles. The Labute approximate surface area is 96.5 Å². The molecule has 1 unspecified atom stereocenters. The quantitative estimate of drug-likeness (QED) is 0.448. The molecule has 1 aromatic rings. The second-order valence-corrected chi connectivity index (χ2v) is 3.93. The van der Waals surface area contributed by atoms with Crippen molar-refractivity contribution in [3.63, 3.8) is 0 Å². The third-order valence-corrected chi connectivity index (χ3v) is 2.21. The fraction of sp³-hybridized carbons (Fsp3) is 0.417. The number of allylic oxidation sites excluding steroid dienone is 1. The number of rotatable bonds is 5. The summed E-state index contributed by atoms with van der Waals surface area (Å²) in [6.45, 7) is 4.10. The molecule has 88 valence electrons. The zero-order chi connectivity index (χ0) is 12.0. The fourth-order valence-corrected chi connectivity index (χ4v) is 1.47. The number of hydrazine groups is 1. The third-order valence-electron chi connectivity index (χ3n) is 2.21. The summed E-state index contributed by atoms with van der Waals surface area (Å²) in [5.41, 5.74) is 5.14. The predicted octanol–water partition coefficient (Wildman–Crippen LogP) is 1.43. The average molecular weight is 221 g/mol. The van der Waals surface area contributed by atoms with Crippen molar-refractivity contribution in [2.45, 2.75) is 26.3 Å². The number of hydrogen-bond acceptors (Lipinski definition) is 4. The van der Waals surface area contributed by atoms with E-state index in [1.165, 1.54) is 5.57 Å². The van der Waals surface area contributed by atoms with Crippen LogP contribution in [0.15, 0.2) is 30.0 Å². The van der Waals surface area contributed by atoms with Crippen LogP contribution in [0.25, 0.3) is 0 Å². The van der Waals surface area contributed by atoms with Gasteiger partial charge in [-0.15, -0.1) is 0 Å². The number of aromatic nitrogens is 1. The van der Waals surface area contributed by atoms with Crippen LogP contribution < -0.4 is 16.0 Å². The smallest absolute Gasteiger partial charge is 0.212 e. The van der Waals surface area contributed by atoms with Gasteiger partial charge in [0.1, 0.15) is 0 Å². The highest BCUT2D eigenvalue weighted by Gasteiger charge is 2.04. The lowest BCUT2D eigenvalue weighted by molar-refractivity contribution is 0.397. The summed E-state index contributed by atoms with van der Waals surface area (Å²) in [6, 6.07) is 3.99. The van der Waals surface area contributed by atoms with E-state index in [0.717, 1.165) is 12.0 Å². The van der Waals surface area contributed by atoms with E-state index < -0.39 is 0 Å². The first kappa shape index (κ1) is 12.7. The lowest BCUT2D eigenvalue weighted by atomic mass is 10.1. The lowest BCUT2D eigenvalue weighted by Gasteiger charge is -2.12. The number of methoxy groups -OCH3 is 1. The number of nitrogens with two attached hydrogens (primary N) is 1. The molecular weight excluding hydrogens is 202 g/mol. The van der Waals surface area contributed by atoms with Crippen molar-refractivity contribution in [3.05, 3.63) is 35.5 Å². The van der Waals surface area contributed by atoms with Gasteiger partial charge in [-0.25, -0.2) is 4.98 Å². The van der Waals surface area contributed by atoms with Crippen LogP contribution in [0.1, 0.15) is 19.4 Å². The van der Waals surface area contributed by atoms with Gasteiger partial charge in [-0.2, -0.15) is 0 Å². The van der Waals surface area contributed by atoms with Gasteiger partial charge in [0, 0.05) is 18.3 Å². The zero-order valence-corrected chi connectivity index (χ0v) is 10.0. The third kappa shape index (κ3) is 4.00. The Morgan fingerprint density at radius 3 is 2.75 bits per heavy atom. The second-order valence-electron chi connectivity index (χ2n) is 3.93. The first-order valence-electron chi connectivity index (χ1n) is 5.25. The first-order valence-corrected chi connectivity index (χ1v) is 5.25. The molecule has 1 atom stereocenters. The van der Waals surface area contributed by atoms with E-state index in [-0.39, 0.29) is 6.04 Å². The molecule has 4 heteroatoms. The minimum atomic E-state index is 0.139. The van der Waals surface area contributed by atoms with Crippen LogP contribution in [0.4, 0.5) is 0 Å². The van der Waals surface area contributed by atoms with Crippen LogP contribution in [0, 0.1) is 0 Å². The van der Waals surface area contributed by atoms with Gasteiger partial charge < -0.3 is 4.74 Å². The van der Waals surface area contributed by atoms with Crippen molar-refractivity contribution >= 4 is 0 Å². The van der Waals surface area contributed by atoms with Gasteiger partial charge in [-0.1, -0.05) is 17.7 Å². The topological polar surface area (TPSA) is 60.2 Å². The molecule has 0 aliphatic rings. The van der Waals surface area contributed by atoms with Crippen molar-refractivity contribution in [1.82, 2.24) is 10.4 Å². The Morgan fingerprint density at radius 2 is 2.31 bits per heavy atom. The maximum Gasteiger partial charge on any atom is 0.212 e.